The van der Waals surface area contributed by atoms with E-state index in [4.69, 9.17) is 11.6 Å². The fourth-order valence-corrected chi connectivity index (χ4v) is 2.34. The highest BCUT2D eigenvalue weighted by molar-refractivity contribution is 6.17. The van der Waals surface area contributed by atoms with Gasteiger partial charge in [0.25, 0.3) is 11.6 Å². The van der Waals surface area contributed by atoms with Gasteiger partial charge in [-0.2, -0.15) is 0 Å². The fraction of sp³-hybridized carbons (Fsp3) is 0.500. The number of carbonyl (C=O) groups excluding carboxylic acids is 1. The first-order valence-corrected chi connectivity index (χ1v) is 6.90. The van der Waals surface area contributed by atoms with Crippen molar-refractivity contribution in [3.05, 3.63) is 39.4 Å². The second kappa shape index (κ2) is 6.70. The Morgan fingerprint density at radius 3 is 2.65 bits per heavy atom. The van der Waals surface area contributed by atoms with Gasteiger partial charge < -0.3 is 5.32 Å². The topological polar surface area (TPSA) is 72.2 Å². The third-order valence-electron chi connectivity index (χ3n) is 3.25. The van der Waals surface area contributed by atoms with Crippen molar-refractivity contribution in [1.29, 1.82) is 0 Å². The summed E-state index contributed by atoms with van der Waals surface area (Å²) in [5.41, 5.74) is 0.565. The highest BCUT2D eigenvalue weighted by Crippen LogP contribution is 2.22. The smallest absolute Gasteiger partial charge is 0.273 e. The zero-order valence-electron chi connectivity index (χ0n) is 11.9. The standard InChI is InChI=1S/C14H19ClN2O3/c1-10-11(5-4-6-12(10)17(19)20)13(18)16-9-14(2,3)7-8-15/h4-6H,7-9H2,1-3H3,(H,16,18). The molecule has 0 aromatic heterocycles. The van der Waals surface area contributed by atoms with Gasteiger partial charge in [0.05, 0.1) is 4.92 Å². The Balaban J connectivity index is 2.84. The van der Waals surface area contributed by atoms with Crippen molar-refractivity contribution in [3.63, 3.8) is 0 Å². The van der Waals surface area contributed by atoms with Gasteiger partial charge in [0.1, 0.15) is 0 Å². The Labute approximate surface area is 123 Å². The zero-order chi connectivity index (χ0) is 15.3. The normalized spacial score (nSPS) is 11.2. The second-order valence-corrected chi connectivity index (χ2v) is 5.87. The molecule has 0 aliphatic rings. The maximum atomic E-state index is 12.1. The molecule has 0 aliphatic carbocycles. The summed E-state index contributed by atoms with van der Waals surface area (Å²) in [6, 6.07) is 4.50. The van der Waals surface area contributed by atoms with Crippen LogP contribution in [-0.2, 0) is 0 Å². The Hall–Kier alpha value is -1.62. The van der Waals surface area contributed by atoms with Crippen LogP contribution in [0, 0.1) is 22.5 Å². The van der Waals surface area contributed by atoms with E-state index >= 15 is 0 Å². The molecule has 0 atom stereocenters. The molecule has 110 valence electrons. The van der Waals surface area contributed by atoms with Crippen LogP contribution >= 0.6 is 11.6 Å². The average Bonchev–Trinajstić information content (AvgIpc) is 2.36. The summed E-state index contributed by atoms with van der Waals surface area (Å²) in [6.45, 7) is 6.07. The number of alkyl halides is 1. The molecule has 20 heavy (non-hydrogen) atoms. The molecular formula is C14H19ClN2O3. The third-order valence-corrected chi connectivity index (χ3v) is 3.43. The molecule has 6 heteroatoms. The molecule has 0 radical (unpaired) electrons. The van der Waals surface area contributed by atoms with Gasteiger partial charge >= 0.3 is 0 Å². The number of amides is 1. The number of nitrogens with one attached hydrogen (secondary N) is 1. The fourth-order valence-electron chi connectivity index (χ4n) is 1.83. The van der Waals surface area contributed by atoms with E-state index in [0.717, 1.165) is 6.42 Å². The lowest BCUT2D eigenvalue weighted by molar-refractivity contribution is -0.385. The Bertz CT molecular complexity index is 515. The van der Waals surface area contributed by atoms with E-state index in [-0.39, 0.29) is 17.0 Å². The van der Waals surface area contributed by atoms with Gasteiger partial charge in [-0.3, -0.25) is 14.9 Å². The van der Waals surface area contributed by atoms with Crippen LogP contribution in [0.25, 0.3) is 0 Å². The zero-order valence-corrected chi connectivity index (χ0v) is 12.7. The van der Waals surface area contributed by atoms with Crippen molar-refractivity contribution >= 4 is 23.2 Å². The van der Waals surface area contributed by atoms with Crippen molar-refractivity contribution in [3.8, 4) is 0 Å². The molecule has 0 fully saturated rings. The molecular weight excluding hydrogens is 280 g/mol. The number of nitrogens with zero attached hydrogens (tertiary/aromatic N) is 1. The first kappa shape index (κ1) is 16.4. The highest BCUT2D eigenvalue weighted by atomic mass is 35.5. The third kappa shape index (κ3) is 4.20. The first-order valence-electron chi connectivity index (χ1n) is 6.36. The molecule has 1 aromatic rings. The summed E-state index contributed by atoms with van der Waals surface area (Å²) in [6.07, 6.45) is 0.781. The summed E-state index contributed by atoms with van der Waals surface area (Å²) in [5.74, 6) is 0.229. The second-order valence-electron chi connectivity index (χ2n) is 5.49. The van der Waals surface area contributed by atoms with Gasteiger partial charge in [0, 0.05) is 29.6 Å². The van der Waals surface area contributed by atoms with Crippen LogP contribution in [0.3, 0.4) is 0 Å². The largest absolute Gasteiger partial charge is 0.351 e. The number of nitro benzene ring substituents is 1. The van der Waals surface area contributed by atoms with Gasteiger partial charge in [-0.25, -0.2) is 0 Å². The van der Waals surface area contributed by atoms with Gasteiger partial charge in [-0.1, -0.05) is 19.9 Å². The summed E-state index contributed by atoms with van der Waals surface area (Å²) < 4.78 is 0. The Kier molecular flexibility index (Phi) is 5.51. The molecule has 0 unspecified atom stereocenters. The van der Waals surface area contributed by atoms with Crippen LogP contribution in [0.4, 0.5) is 5.69 Å². The van der Waals surface area contributed by atoms with Gasteiger partial charge in [-0.05, 0) is 24.8 Å². The van der Waals surface area contributed by atoms with Crippen LogP contribution in [0.15, 0.2) is 18.2 Å². The predicted molar refractivity (Wildman–Crippen MR) is 79.3 cm³/mol. The lowest BCUT2D eigenvalue weighted by Gasteiger charge is -2.23. The van der Waals surface area contributed by atoms with Gasteiger partial charge in [0.2, 0.25) is 0 Å². The number of nitro groups is 1. The minimum atomic E-state index is -0.483. The monoisotopic (exact) mass is 298 g/mol. The summed E-state index contributed by atoms with van der Waals surface area (Å²) in [4.78, 5) is 22.5. The SMILES string of the molecule is Cc1c(C(=O)NCC(C)(C)CCCl)cccc1[N+](=O)[O-]. The van der Waals surface area contributed by atoms with Crippen LogP contribution in [0.2, 0.25) is 0 Å². The number of hydrogen-bond donors (Lipinski definition) is 1. The van der Waals surface area contributed by atoms with E-state index in [0.29, 0.717) is 23.6 Å². The van der Waals surface area contributed by atoms with E-state index in [9.17, 15) is 14.9 Å². The van der Waals surface area contributed by atoms with E-state index in [1.807, 2.05) is 13.8 Å². The lowest BCUT2D eigenvalue weighted by atomic mass is 9.90. The van der Waals surface area contributed by atoms with E-state index in [2.05, 4.69) is 5.32 Å². The summed E-state index contributed by atoms with van der Waals surface area (Å²) >= 11 is 5.71. The minimum Gasteiger partial charge on any atom is -0.351 e. The molecule has 1 rings (SSSR count). The Morgan fingerprint density at radius 1 is 1.45 bits per heavy atom. The number of benzene rings is 1. The predicted octanol–water partition coefficient (Wildman–Crippen LogP) is 3.29. The molecule has 1 N–H and O–H groups in total. The quantitative estimate of drug-likeness (QED) is 0.497. The summed E-state index contributed by atoms with van der Waals surface area (Å²) in [5, 5.41) is 13.7. The summed E-state index contributed by atoms with van der Waals surface area (Å²) in [7, 11) is 0. The highest BCUT2D eigenvalue weighted by Gasteiger charge is 2.21. The van der Waals surface area contributed by atoms with Crippen LogP contribution in [0.5, 0.6) is 0 Å². The van der Waals surface area contributed by atoms with Crippen molar-refractivity contribution in [2.45, 2.75) is 27.2 Å². The van der Waals surface area contributed by atoms with Crippen LogP contribution < -0.4 is 5.32 Å². The van der Waals surface area contributed by atoms with Crippen LogP contribution in [0.1, 0.15) is 36.2 Å². The van der Waals surface area contributed by atoms with Crippen LogP contribution in [-0.4, -0.2) is 23.3 Å². The average molecular weight is 299 g/mol. The minimum absolute atomic E-state index is 0.0438. The lowest BCUT2D eigenvalue weighted by Crippen LogP contribution is -2.34. The number of halogens is 1. The van der Waals surface area contributed by atoms with E-state index in [1.54, 1.807) is 13.0 Å². The molecule has 1 amide bonds. The van der Waals surface area contributed by atoms with Crippen molar-refractivity contribution in [1.82, 2.24) is 5.32 Å². The van der Waals surface area contributed by atoms with Gasteiger partial charge in [0.15, 0.2) is 0 Å². The van der Waals surface area contributed by atoms with Crippen molar-refractivity contribution in [2.24, 2.45) is 5.41 Å². The maximum absolute atomic E-state index is 12.1. The molecule has 0 saturated carbocycles. The Morgan fingerprint density at radius 2 is 2.10 bits per heavy atom. The van der Waals surface area contributed by atoms with Gasteiger partial charge in [-0.15, -0.1) is 11.6 Å². The van der Waals surface area contributed by atoms with E-state index in [1.165, 1.54) is 12.1 Å². The molecule has 0 aliphatic heterocycles. The number of rotatable bonds is 6. The maximum Gasteiger partial charge on any atom is 0.273 e. The molecule has 0 spiro atoms. The molecule has 0 saturated heterocycles. The van der Waals surface area contributed by atoms with Crippen molar-refractivity contribution < 1.29 is 9.72 Å². The van der Waals surface area contributed by atoms with Crippen molar-refractivity contribution in [2.75, 3.05) is 12.4 Å². The number of carbonyl (C=O) groups is 1. The first-order chi connectivity index (χ1) is 9.28. The molecule has 1 aromatic carbocycles. The van der Waals surface area contributed by atoms with E-state index < -0.39 is 4.92 Å². The molecule has 0 heterocycles. The molecule has 5 nitrogen and oxygen atoms in total. The number of hydrogen-bond acceptors (Lipinski definition) is 3. The molecule has 0 bridgehead atoms.